The quantitative estimate of drug-likeness (QED) is 0.769. The van der Waals surface area contributed by atoms with Crippen LogP contribution < -0.4 is 5.73 Å². The lowest BCUT2D eigenvalue weighted by atomic mass is 9.91. The normalized spacial score (nSPS) is 21.7. The van der Waals surface area contributed by atoms with E-state index in [1.807, 2.05) is 6.07 Å². The van der Waals surface area contributed by atoms with Crippen LogP contribution in [0.3, 0.4) is 0 Å². The number of phenols is 1. The van der Waals surface area contributed by atoms with Crippen molar-refractivity contribution in [3.8, 4) is 5.75 Å². The highest BCUT2D eigenvalue weighted by Gasteiger charge is 2.39. The standard InChI is InChI=1S/C15H21NO/c16-15(8-9-15)10-13-12-5-3-1-2-4-11(12)6-7-14(13)17/h6-7,17H,1-5,8-10,16H2. The Hall–Kier alpha value is -1.02. The predicted octanol–water partition coefficient (Wildman–Crippen LogP) is 2.69. The van der Waals surface area contributed by atoms with E-state index < -0.39 is 0 Å². The van der Waals surface area contributed by atoms with Gasteiger partial charge in [0.05, 0.1) is 0 Å². The van der Waals surface area contributed by atoms with Crippen molar-refractivity contribution in [3.05, 3.63) is 28.8 Å². The summed E-state index contributed by atoms with van der Waals surface area (Å²) in [6.45, 7) is 0. The Morgan fingerprint density at radius 2 is 1.88 bits per heavy atom. The molecule has 0 radical (unpaired) electrons. The first kappa shape index (κ1) is 11.1. The van der Waals surface area contributed by atoms with Gasteiger partial charge in [-0.15, -0.1) is 0 Å². The molecule has 92 valence electrons. The van der Waals surface area contributed by atoms with E-state index in [9.17, 15) is 5.11 Å². The lowest BCUT2D eigenvalue weighted by Gasteiger charge is -2.17. The van der Waals surface area contributed by atoms with Crippen LogP contribution in [0, 0.1) is 0 Å². The molecular formula is C15H21NO. The minimum absolute atomic E-state index is 0.0150. The molecule has 0 atom stereocenters. The number of nitrogens with two attached hydrogens (primary N) is 1. The van der Waals surface area contributed by atoms with Gasteiger partial charge >= 0.3 is 0 Å². The van der Waals surface area contributed by atoms with Crippen molar-refractivity contribution in [2.24, 2.45) is 5.73 Å². The highest BCUT2D eigenvalue weighted by Crippen LogP contribution is 2.40. The number of hydrogen-bond acceptors (Lipinski definition) is 2. The van der Waals surface area contributed by atoms with Crippen LogP contribution in [0.5, 0.6) is 5.75 Å². The topological polar surface area (TPSA) is 46.2 Å². The molecule has 1 aromatic carbocycles. The molecule has 0 unspecified atom stereocenters. The predicted molar refractivity (Wildman–Crippen MR) is 69.2 cm³/mol. The molecule has 0 amide bonds. The molecule has 3 N–H and O–H groups in total. The molecule has 0 heterocycles. The Kier molecular flexibility index (Phi) is 2.62. The summed E-state index contributed by atoms with van der Waals surface area (Å²) in [6, 6.07) is 3.97. The molecule has 0 saturated heterocycles. The molecule has 17 heavy (non-hydrogen) atoms. The highest BCUT2D eigenvalue weighted by atomic mass is 16.3. The zero-order valence-corrected chi connectivity index (χ0v) is 10.3. The summed E-state index contributed by atoms with van der Waals surface area (Å²) >= 11 is 0. The van der Waals surface area contributed by atoms with Gasteiger partial charge in [-0.1, -0.05) is 12.5 Å². The second kappa shape index (κ2) is 4.02. The van der Waals surface area contributed by atoms with E-state index in [4.69, 9.17) is 5.73 Å². The van der Waals surface area contributed by atoms with Gasteiger partial charge in [-0.2, -0.15) is 0 Å². The molecular weight excluding hydrogens is 210 g/mol. The van der Waals surface area contributed by atoms with Crippen molar-refractivity contribution in [1.29, 1.82) is 0 Å². The van der Waals surface area contributed by atoms with Crippen LogP contribution in [0.2, 0.25) is 0 Å². The summed E-state index contributed by atoms with van der Waals surface area (Å²) in [5, 5.41) is 10.1. The number of hydrogen-bond donors (Lipinski definition) is 2. The molecule has 0 aliphatic heterocycles. The van der Waals surface area contributed by atoms with Crippen LogP contribution in [0.15, 0.2) is 12.1 Å². The maximum Gasteiger partial charge on any atom is 0.119 e. The van der Waals surface area contributed by atoms with Gasteiger partial charge in [0.25, 0.3) is 0 Å². The number of phenolic OH excluding ortho intramolecular Hbond substituents is 1. The fourth-order valence-corrected chi connectivity index (χ4v) is 2.96. The van der Waals surface area contributed by atoms with Crippen molar-refractivity contribution in [3.63, 3.8) is 0 Å². The van der Waals surface area contributed by atoms with Gasteiger partial charge in [0.1, 0.15) is 5.75 Å². The Bertz CT molecular complexity index is 435. The minimum Gasteiger partial charge on any atom is -0.508 e. The van der Waals surface area contributed by atoms with Gasteiger partial charge in [-0.3, -0.25) is 0 Å². The fourth-order valence-electron chi connectivity index (χ4n) is 2.96. The SMILES string of the molecule is NC1(Cc2c(O)ccc3c2CCCCC3)CC1. The molecule has 0 bridgehead atoms. The molecule has 2 aliphatic carbocycles. The van der Waals surface area contributed by atoms with Crippen molar-refractivity contribution in [2.75, 3.05) is 0 Å². The zero-order chi connectivity index (χ0) is 11.9. The number of rotatable bonds is 2. The lowest BCUT2D eigenvalue weighted by molar-refractivity contribution is 0.461. The monoisotopic (exact) mass is 231 g/mol. The summed E-state index contributed by atoms with van der Waals surface area (Å²) < 4.78 is 0. The third-order valence-corrected chi connectivity index (χ3v) is 4.30. The van der Waals surface area contributed by atoms with Crippen molar-refractivity contribution >= 4 is 0 Å². The van der Waals surface area contributed by atoms with Crippen LogP contribution in [-0.4, -0.2) is 10.6 Å². The first-order chi connectivity index (χ1) is 8.18. The second-order valence-corrected chi connectivity index (χ2v) is 5.80. The van der Waals surface area contributed by atoms with Gasteiger partial charge in [-0.25, -0.2) is 0 Å². The van der Waals surface area contributed by atoms with E-state index >= 15 is 0 Å². The maximum atomic E-state index is 10.1. The van der Waals surface area contributed by atoms with E-state index in [-0.39, 0.29) is 5.54 Å². The minimum atomic E-state index is -0.0150. The number of aromatic hydroxyl groups is 1. The molecule has 2 nitrogen and oxygen atoms in total. The summed E-state index contributed by atoms with van der Waals surface area (Å²) in [6.07, 6.45) is 9.21. The van der Waals surface area contributed by atoms with Crippen LogP contribution in [0.25, 0.3) is 0 Å². The summed E-state index contributed by atoms with van der Waals surface area (Å²) in [5.41, 5.74) is 10.2. The third-order valence-electron chi connectivity index (χ3n) is 4.30. The van der Waals surface area contributed by atoms with E-state index in [2.05, 4.69) is 6.07 Å². The Balaban J connectivity index is 1.99. The lowest BCUT2D eigenvalue weighted by Crippen LogP contribution is -2.25. The third kappa shape index (κ3) is 2.19. The molecule has 0 spiro atoms. The van der Waals surface area contributed by atoms with E-state index in [0.717, 1.165) is 31.2 Å². The largest absolute Gasteiger partial charge is 0.508 e. The number of aryl methyl sites for hydroxylation is 1. The average molecular weight is 231 g/mol. The molecule has 1 saturated carbocycles. The Morgan fingerprint density at radius 3 is 2.65 bits per heavy atom. The molecule has 3 rings (SSSR count). The van der Waals surface area contributed by atoms with Crippen molar-refractivity contribution in [1.82, 2.24) is 0 Å². The average Bonchev–Trinajstić information content (AvgIpc) is 3.06. The van der Waals surface area contributed by atoms with Crippen LogP contribution >= 0.6 is 0 Å². The summed E-state index contributed by atoms with van der Waals surface area (Å²) in [4.78, 5) is 0. The smallest absolute Gasteiger partial charge is 0.119 e. The second-order valence-electron chi connectivity index (χ2n) is 5.80. The highest BCUT2D eigenvalue weighted by molar-refractivity contribution is 5.46. The molecule has 0 aromatic heterocycles. The van der Waals surface area contributed by atoms with Crippen molar-refractivity contribution < 1.29 is 5.11 Å². The van der Waals surface area contributed by atoms with E-state index in [0.29, 0.717) is 5.75 Å². The van der Waals surface area contributed by atoms with Gasteiger partial charge in [0, 0.05) is 5.54 Å². The van der Waals surface area contributed by atoms with E-state index in [1.165, 1.54) is 36.8 Å². The summed E-state index contributed by atoms with van der Waals surface area (Å²) in [5.74, 6) is 0.461. The van der Waals surface area contributed by atoms with Gasteiger partial charge in [-0.05, 0) is 67.7 Å². The van der Waals surface area contributed by atoms with E-state index in [1.54, 1.807) is 0 Å². The fraction of sp³-hybridized carbons (Fsp3) is 0.600. The van der Waals surface area contributed by atoms with Crippen molar-refractivity contribution in [2.45, 2.75) is 56.9 Å². The maximum absolute atomic E-state index is 10.1. The molecule has 1 aromatic rings. The molecule has 2 aliphatic rings. The first-order valence-electron chi connectivity index (χ1n) is 6.79. The Morgan fingerprint density at radius 1 is 1.12 bits per heavy atom. The first-order valence-corrected chi connectivity index (χ1v) is 6.79. The van der Waals surface area contributed by atoms with Crippen LogP contribution in [-0.2, 0) is 19.3 Å². The summed E-state index contributed by atoms with van der Waals surface area (Å²) in [7, 11) is 0. The van der Waals surface area contributed by atoms with Crippen LogP contribution in [0.4, 0.5) is 0 Å². The van der Waals surface area contributed by atoms with Gasteiger partial charge in [0.2, 0.25) is 0 Å². The zero-order valence-electron chi connectivity index (χ0n) is 10.3. The molecule has 1 fully saturated rings. The van der Waals surface area contributed by atoms with Gasteiger partial charge < -0.3 is 10.8 Å². The van der Waals surface area contributed by atoms with Gasteiger partial charge in [0.15, 0.2) is 0 Å². The number of fused-ring (bicyclic) bond motifs is 1. The number of benzene rings is 1. The Labute approximate surface area is 103 Å². The molecule has 2 heteroatoms. The van der Waals surface area contributed by atoms with Crippen LogP contribution in [0.1, 0.15) is 48.8 Å².